The number of carbonyl (C=O) groups excluding carboxylic acids is 1. The topological polar surface area (TPSA) is 41.6 Å². The quantitative estimate of drug-likeness (QED) is 0.695. The number of ether oxygens (including phenoxy) is 1. The van der Waals surface area contributed by atoms with Crippen LogP contribution in [0.4, 0.5) is 0 Å². The van der Waals surface area contributed by atoms with Gasteiger partial charge in [-0.1, -0.05) is 6.92 Å². The third-order valence-electron chi connectivity index (χ3n) is 3.69. The van der Waals surface area contributed by atoms with Crippen LogP contribution in [0.2, 0.25) is 0 Å². The van der Waals surface area contributed by atoms with Crippen LogP contribution in [0.5, 0.6) is 0 Å². The summed E-state index contributed by atoms with van der Waals surface area (Å²) in [6.07, 6.45) is 2.30. The van der Waals surface area contributed by atoms with Gasteiger partial charge in [0.2, 0.25) is 0 Å². The van der Waals surface area contributed by atoms with Gasteiger partial charge in [-0.15, -0.1) is 0 Å². The third kappa shape index (κ3) is 2.81. The fourth-order valence-electron chi connectivity index (χ4n) is 2.83. The number of morpholine rings is 1. The molecule has 2 rings (SSSR count). The first kappa shape index (κ1) is 12.0. The van der Waals surface area contributed by atoms with Crippen molar-refractivity contribution in [2.24, 2.45) is 11.8 Å². The van der Waals surface area contributed by atoms with E-state index in [0.717, 1.165) is 52.1 Å². The number of piperidine rings is 1. The van der Waals surface area contributed by atoms with Gasteiger partial charge in [-0.3, -0.25) is 4.90 Å². The smallest absolute Gasteiger partial charge is 0.137 e. The van der Waals surface area contributed by atoms with Crippen LogP contribution in [0.15, 0.2) is 0 Å². The summed E-state index contributed by atoms with van der Waals surface area (Å²) in [7, 11) is 0. The van der Waals surface area contributed by atoms with Crippen molar-refractivity contribution >= 4 is 6.29 Å². The van der Waals surface area contributed by atoms with Gasteiger partial charge in [-0.2, -0.15) is 0 Å². The van der Waals surface area contributed by atoms with E-state index in [2.05, 4.69) is 17.1 Å². The molecule has 2 aliphatic heterocycles. The van der Waals surface area contributed by atoms with Gasteiger partial charge in [-0.05, 0) is 31.3 Å². The van der Waals surface area contributed by atoms with E-state index in [1.165, 1.54) is 0 Å². The highest BCUT2D eigenvalue weighted by Gasteiger charge is 2.31. The van der Waals surface area contributed by atoms with Crippen molar-refractivity contribution in [1.82, 2.24) is 10.2 Å². The van der Waals surface area contributed by atoms with Crippen molar-refractivity contribution in [3.63, 3.8) is 0 Å². The average Bonchev–Trinajstić information content (AvgIpc) is 2.31. The lowest BCUT2D eigenvalue weighted by atomic mass is 9.86. The van der Waals surface area contributed by atoms with Crippen molar-refractivity contribution in [3.05, 3.63) is 0 Å². The van der Waals surface area contributed by atoms with Crippen LogP contribution in [0.1, 0.15) is 13.3 Å². The predicted octanol–water partition coefficient (Wildman–Crippen LogP) is 0.132. The van der Waals surface area contributed by atoms with E-state index >= 15 is 0 Å². The molecule has 0 aliphatic carbocycles. The number of aldehydes is 1. The highest BCUT2D eigenvalue weighted by molar-refractivity contribution is 5.58. The molecule has 2 saturated heterocycles. The van der Waals surface area contributed by atoms with Crippen molar-refractivity contribution < 1.29 is 9.53 Å². The molecule has 0 bridgehead atoms. The Labute approximate surface area is 97.3 Å². The summed E-state index contributed by atoms with van der Waals surface area (Å²) in [4.78, 5) is 13.6. The van der Waals surface area contributed by atoms with Crippen molar-refractivity contribution in [2.45, 2.75) is 19.4 Å². The Morgan fingerprint density at radius 3 is 2.75 bits per heavy atom. The Kier molecular flexibility index (Phi) is 4.32. The normalized spacial score (nSPS) is 34.6. The molecule has 4 nitrogen and oxygen atoms in total. The molecule has 0 aromatic heterocycles. The van der Waals surface area contributed by atoms with Crippen LogP contribution in [-0.4, -0.2) is 56.6 Å². The summed E-state index contributed by atoms with van der Waals surface area (Å²) < 4.78 is 5.33. The Balaban J connectivity index is 1.94. The van der Waals surface area contributed by atoms with Crippen LogP contribution in [0.25, 0.3) is 0 Å². The number of hydrogen-bond donors (Lipinski definition) is 1. The summed E-state index contributed by atoms with van der Waals surface area (Å²) in [5.41, 5.74) is 0. The third-order valence-corrected chi connectivity index (χ3v) is 3.69. The van der Waals surface area contributed by atoms with Gasteiger partial charge in [0.1, 0.15) is 6.29 Å². The average molecular weight is 226 g/mol. The molecule has 92 valence electrons. The van der Waals surface area contributed by atoms with E-state index in [1.807, 2.05) is 0 Å². The fraction of sp³-hybridized carbons (Fsp3) is 0.917. The summed E-state index contributed by atoms with van der Waals surface area (Å²) in [6.45, 7) is 7.64. The molecule has 2 aliphatic rings. The number of hydrogen-bond acceptors (Lipinski definition) is 4. The number of nitrogens with zero attached hydrogens (tertiary/aromatic N) is 1. The first-order chi connectivity index (χ1) is 7.81. The Morgan fingerprint density at radius 2 is 2.12 bits per heavy atom. The van der Waals surface area contributed by atoms with Gasteiger partial charge in [0.25, 0.3) is 0 Å². The minimum atomic E-state index is 0.0825. The zero-order valence-corrected chi connectivity index (χ0v) is 10.0. The molecule has 1 N–H and O–H groups in total. The summed E-state index contributed by atoms with van der Waals surface area (Å²) in [5, 5.41) is 3.42. The number of rotatable bonds is 3. The lowest BCUT2D eigenvalue weighted by Crippen LogP contribution is -2.52. The minimum absolute atomic E-state index is 0.0825. The zero-order valence-electron chi connectivity index (χ0n) is 10.0. The molecular weight excluding hydrogens is 204 g/mol. The second-order valence-electron chi connectivity index (χ2n) is 5.03. The lowest BCUT2D eigenvalue weighted by Gasteiger charge is -2.39. The summed E-state index contributed by atoms with van der Waals surface area (Å²) >= 11 is 0. The van der Waals surface area contributed by atoms with Gasteiger partial charge in [0.15, 0.2) is 0 Å². The standard InChI is InChI=1S/C12H22N2O2/c1-10-6-11(8-13-7-10)12(9-15)14-2-4-16-5-3-14/h9-13H,2-8H2,1H3/t10-,11?,12?/m0/s1. The number of nitrogens with one attached hydrogen (secondary N) is 1. The van der Waals surface area contributed by atoms with Gasteiger partial charge in [-0.25, -0.2) is 0 Å². The molecule has 0 spiro atoms. The van der Waals surface area contributed by atoms with E-state index in [0.29, 0.717) is 11.8 Å². The highest BCUT2D eigenvalue weighted by atomic mass is 16.5. The number of carbonyl (C=O) groups is 1. The van der Waals surface area contributed by atoms with Crippen molar-refractivity contribution in [3.8, 4) is 0 Å². The van der Waals surface area contributed by atoms with Crippen LogP contribution in [-0.2, 0) is 9.53 Å². The van der Waals surface area contributed by atoms with E-state index in [4.69, 9.17) is 4.74 Å². The van der Waals surface area contributed by atoms with Crippen LogP contribution in [0.3, 0.4) is 0 Å². The maximum atomic E-state index is 11.3. The zero-order chi connectivity index (χ0) is 11.4. The largest absolute Gasteiger partial charge is 0.379 e. The Morgan fingerprint density at radius 1 is 1.38 bits per heavy atom. The van der Waals surface area contributed by atoms with Gasteiger partial charge in [0, 0.05) is 13.1 Å². The van der Waals surface area contributed by atoms with E-state index in [1.54, 1.807) is 0 Å². The molecule has 0 radical (unpaired) electrons. The van der Waals surface area contributed by atoms with Gasteiger partial charge in [0.05, 0.1) is 19.3 Å². The molecule has 2 fully saturated rings. The van der Waals surface area contributed by atoms with Crippen LogP contribution in [0, 0.1) is 11.8 Å². The molecule has 2 unspecified atom stereocenters. The van der Waals surface area contributed by atoms with Gasteiger partial charge < -0.3 is 14.8 Å². The maximum Gasteiger partial charge on any atom is 0.137 e. The first-order valence-electron chi connectivity index (χ1n) is 6.29. The molecular formula is C12H22N2O2. The molecule has 2 heterocycles. The Bertz CT molecular complexity index is 229. The first-order valence-corrected chi connectivity index (χ1v) is 6.29. The molecule has 3 atom stereocenters. The predicted molar refractivity (Wildman–Crippen MR) is 62.4 cm³/mol. The molecule has 0 saturated carbocycles. The van der Waals surface area contributed by atoms with Crippen LogP contribution < -0.4 is 5.32 Å². The van der Waals surface area contributed by atoms with Crippen molar-refractivity contribution in [1.29, 1.82) is 0 Å². The fourth-order valence-corrected chi connectivity index (χ4v) is 2.83. The van der Waals surface area contributed by atoms with E-state index in [9.17, 15) is 4.79 Å². The SMILES string of the molecule is C[C@@H]1CNCC(C(C=O)N2CCOCC2)C1. The molecule has 0 aromatic rings. The molecule has 4 heteroatoms. The maximum absolute atomic E-state index is 11.3. The molecule has 16 heavy (non-hydrogen) atoms. The summed E-state index contributed by atoms with van der Waals surface area (Å²) in [6, 6.07) is 0.0825. The monoisotopic (exact) mass is 226 g/mol. The molecule has 0 amide bonds. The lowest BCUT2D eigenvalue weighted by molar-refractivity contribution is -0.116. The highest BCUT2D eigenvalue weighted by Crippen LogP contribution is 2.22. The van der Waals surface area contributed by atoms with E-state index < -0.39 is 0 Å². The summed E-state index contributed by atoms with van der Waals surface area (Å²) in [5.74, 6) is 1.15. The second-order valence-corrected chi connectivity index (χ2v) is 5.03. The van der Waals surface area contributed by atoms with E-state index in [-0.39, 0.29) is 6.04 Å². The van der Waals surface area contributed by atoms with Gasteiger partial charge >= 0.3 is 0 Å². The molecule has 0 aromatic carbocycles. The van der Waals surface area contributed by atoms with Crippen LogP contribution >= 0.6 is 0 Å². The van der Waals surface area contributed by atoms with Crippen molar-refractivity contribution in [2.75, 3.05) is 39.4 Å². The second kappa shape index (κ2) is 5.75. The minimum Gasteiger partial charge on any atom is -0.379 e. The Hall–Kier alpha value is -0.450.